The SMILES string of the molecule is CC(C)Oc1ccccc1N1CCN(CC2CC(C(=O)N3CCC(S(=O)(=O)c4ccccc4)CC3)=NO2)CC1.CC(C)Oc1ccccc1N1CCN(CC2CC(C(=O)N3CCC(c4ccccc4)(c4ccccc4)CC3)=NO2)CC1. The van der Waals surface area contributed by atoms with E-state index in [-0.39, 0.29) is 41.6 Å². The van der Waals surface area contributed by atoms with Gasteiger partial charge in [-0.15, -0.1) is 0 Å². The number of piperazine rings is 2. The number of carbonyl (C=O) groups excluding carboxylic acids is 2. The number of anilines is 2. The van der Waals surface area contributed by atoms with Gasteiger partial charge in [0.15, 0.2) is 9.84 Å². The maximum atomic E-state index is 13.5. The third-order valence-corrected chi connectivity index (χ3v) is 18.8. The largest absolute Gasteiger partial charge is 0.489 e. The highest BCUT2D eigenvalue weighted by Gasteiger charge is 2.41. The van der Waals surface area contributed by atoms with Crippen LogP contribution >= 0.6 is 0 Å². The molecule has 17 heteroatoms. The summed E-state index contributed by atoms with van der Waals surface area (Å²) >= 11 is 0. The molecule has 0 saturated carbocycles. The Hall–Kier alpha value is -6.95. The number of amides is 2. The van der Waals surface area contributed by atoms with Crippen molar-refractivity contribution in [1.29, 1.82) is 0 Å². The summed E-state index contributed by atoms with van der Waals surface area (Å²) < 4.78 is 38.0. The second kappa shape index (κ2) is 26.3. The molecule has 5 aromatic rings. The molecule has 4 fully saturated rings. The van der Waals surface area contributed by atoms with E-state index in [1.54, 1.807) is 35.2 Å². The number of oxime groups is 2. The van der Waals surface area contributed by atoms with Crippen LogP contribution in [0.15, 0.2) is 155 Å². The number of nitrogens with zero attached hydrogens (tertiary/aromatic N) is 8. The van der Waals surface area contributed by atoms with E-state index in [1.807, 2.05) is 43.0 Å². The smallest absolute Gasteiger partial charge is 0.271 e. The van der Waals surface area contributed by atoms with Crippen molar-refractivity contribution in [1.82, 2.24) is 19.6 Å². The van der Waals surface area contributed by atoms with Gasteiger partial charge in [-0.3, -0.25) is 19.4 Å². The van der Waals surface area contributed by atoms with Crippen LogP contribution in [0.3, 0.4) is 0 Å². The lowest BCUT2D eigenvalue weighted by molar-refractivity contribution is -0.126. The molecule has 6 heterocycles. The molecule has 5 aromatic carbocycles. The number of ether oxygens (including phenoxy) is 2. The molecule has 2 atom stereocenters. The number of rotatable bonds is 16. The minimum absolute atomic E-state index is 0.0267. The summed E-state index contributed by atoms with van der Waals surface area (Å²) in [7, 11) is -3.39. The average Bonchev–Trinajstić information content (AvgIpc) is 4.19. The molecule has 0 aromatic heterocycles. The van der Waals surface area contributed by atoms with Crippen molar-refractivity contribution in [2.24, 2.45) is 10.3 Å². The van der Waals surface area contributed by atoms with E-state index in [1.165, 1.54) is 11.1 Å². The highest BCUT2D eigenvalue weighted by molar-refractivity contribution is 7.92. The van der Waals surface area contributed by atoms with Gasteiger partial charge in [0.2, 0.25) is 0 Å². The average molecular weight is 1120 g/mol. The summed E-state index contributed by atoms with van der Waals surface area (Å²) in [6.07, 6.45) is 3.72. The molecule has 2 amide bonds. The van der Waals surface area contributed by atoms with Crippen LogP contribution in [0.25, 0.3) is 0 Å². The van der Waals surface area contributed by atoms with Gasteiger partial charge >= 0.3 is 0 Å². The molecule has 0 aliphatic carbocycles. The van der Waals surface area contributed by atoms with E-state index in [9.17, 15) is 18.0 Å². The van der Waals surface area contributed by atoms with Crippen molar-refractivity contribution in [3.05, 3.63) is 151 Å². The topological polar surface area (TPSA) is 149 Å². The third-order valence-electron chi connectivity index (χ3n) is 16.6. The predicted molar refractivity (Wildman–Crippen MR) is 318 cm³/mol. The summed E-state index contributed by atoms with van der Waals surface area (Å²) in [6, 6.07) is 46.5. The molecule has 0 radical (unpaired) electrons. The summed E-state index contributed by atoms with van der Waals surface area (Å²) in [4.78, 5) is 51.7. The van der Waals surface area contributed by atoms with Crippen molar-refractivity contribution in [2.45, 2.75) is 106 Å². The summed E-state index contributed by atoms with van der Waals surface area (Å²) in [5.41, 5.74) is 5.83. The Balaban J connectivity index is 0.000000182. The fourth-order valence-corrected chi connectivity index (χ4v) is 14.0. The molecule has 81 heavy (non-hydrogen) atoms. The molecule has 0 bridgehead atoms. The van der Waals surface area contributed by atoms with Crippen LogP contribution in [0.1, 0.15) is 77.3 Å². The van der Waals surface area contributed by atoms with Gasteiger partial charge in [0.05, 0.1) is 33.7 Å². The maximum Gasteiger partial charge on any atom is 0.271 e. The number of piperidine rings is 2. The standard InChI is InChI=1S/C35H42N4O3.C29H38N4O5S/c1-27(2)41-33-16-10-9-15-32(33)38-23-21-37(22-24-38)26-30-25-31(36-42-30)34(40)39-19-17-35(18-20-39,28-11-5-3-6-12-28)29-13-7-4-8-14-29;1-22(2)37-28-11-7-6-10-27(28)32-18-16-31(17-19-32)21-23-20-26(30-38-23)29(34)33-14-12-25(13-15-33)39(35,36)24-8-4-3-5-9-24/h3-16,27,30H,17-26H2,1-2H3;3-11,22-23,25H,12-21H2,1-2H3. The Morgan fingerprint density at radius 1 is 0.519 bits per heavy atom. The van der Waals surface area contributed by atoms with Crippen molar-refractivity contribution in [3.63, 3.8) is 0 Å². The zero-order valence-corrected chi connectivity index (χ0v) is 48.4. The van der Waals surface area contributed by atoms with Crippen molar-refractivity contribution >= 4 is 44.4 Å². The number of carbonyl (C=O) groups is 2. The fourth-order valence-electron chi connectivity index (χ4n) is 12.3. The van der Waals surface area contributed by atoms with Gasteiger partial charge in [0.25, 0.3) is 11.8 Å². The van der Waals surface area contributed by atoms with E-state index < -0.39 is 15.1 Å². The Morgan fingerprint density at radius 2 is 0.901 bits per heavy atom. The van der Waals surface area contributed by atoms with Crippen LogP contribution in [0.2, 0.25) is 0 Å². The van der Waals surface area contributed by atoms with Crippen LogP contribution in [-0.2, 0) is 34.5 Å². The number of likely N-dealkylation sites (tertiary alicyclic amines) is 2. The lowest BCUT2D eigenvalue weighted by Gasteiger charge is -2.42. The molecular weight excluding hydrogens is 1040 g/mol. The van der Waals surface area contributed by atoms with Gasteiger partial charge in [-0.1, -0.05) is 113 Å². The first-order valence-corrected chi connectivity index (χ1v) is 30.8. The van der Waals surface area contributed by atoms with E-state index >= 15 is 0 Å². The molecule has 6 aliphatic rings. The second-order valence-electron chi connectivity index (χ2n) is 22.7. The zero-order chi connectivity index (χ0) is 56.3. The molecule has 6 aliphatic heterocycles. The van der Waals surface area contributed by atoms with Crippen molar-refractivity contribution < 1.29 is 37.2 Å². The first-order valence-electron chi connectivity index (χ1n) is 29.2. The lowest BCUT2D eigenvalue weighted by Crippen LogP contribution is -2.49. The summed E-state index contributed by atoms with van der Waals surface area (Å²) in [6.45, 7) is 19.2. The van der Waals surface area contributed by atoms with E-state index in [4.69, 9.17) is 19.1 Å². The van der Waals surface area contributed by atoms with Crippen molar-refractivity contribution in [3.8, 4) is 11.5 Å². The van der Waals surface area contributed by atoms with Gasteiger partial charge in [0, 0.05) is 110 Å². The fraction of sp³-hybridized carbons (Fsp3) is 0.469. The maximum absolute atomic E-state index is 13.5. The molecule has 16 nitrogen and oxygen atoms in total. The first-order chi connectivity index (χ1) is 39.3. The summed E-state index contributed by atoms with van der Waals surface area (Å²) in [5, 5.41) is 7.94. The van der Waals surface area contributed by atoms with Gasteiger partial charge in [-0.25, -0.2) is 8.42 Å². The van der Waals surface area contributed by atoms with Crippen LogP contribution in [0.5, 0.6) is 11.5 Å². The molecule has 0 spiro atoms. The molecule has 11 rings (SSSR count). The first kappa shape index (κ1) is 57.3. The lowest BCUT2D eigenvalue weighted by atomic mass is 9.68. The number of benzene rings is 5. The minimum atomic E-state index is -3.39. The van der Waals surface area contributed by atoms with E-state index in [0.29, 0.717) is 68.2 Å². The Labute approximate surface area is 479 Å². The molecular formula is C64H80N8O8S. The Bertz CT molecular complexity index is 3000. The zero-order valence-electron chi connectivity index (χ0n) is 47.6. The molecule has 4 saturated heterocycles. The van der Waals surface area contributed by atoms with Gasteiger partial charge in [-0.05, 0) is 101 Å². The third kappa shape index (κ3) is 13.9. The normalized spacial score (nSPS) is 20.9. The number of para-hydroxylation sites is 4. The predicted octanol–water partition coefficient (Wildman–Crippen LogP) is 8.56. The van der Waals surface area contributed by atoms with Gasteiger partial charge in [0.1, 0.15) is 35.1 Å². The molecule has 0 N–H and O–H groups in total. The van der Waals surface area contributed by atoms with Crippen LogP contribution in [0.4, 0.5) is 11.4 Å². The van der Waals surface area contributed by atoms with E-state index in [0.717, 1.165) is 101 Å². The second-order valence-corrected chi connectivity index (χ2v) is 25.0. The number of hydrogen-bond donors (Lipinski definition) is 0. The number of sulfone groups is 1. The van der Waals surface area contributed by atoms with E-state index in [2.05, 4.69) is 129 Å². The van der Waals surface area contributed by atoms with Crippen molar-refractivity contribution in [2.75, 3.05) is 101 Å². The Morgan fingerprint density at radius 3 is 1.32 bits per heavy atom. The quantitative estimate of drug-likeness (QED) is 0.0932. The molecule has 2 unspecified atom stereocenters. The highest BCUT2D eigenvalue weighted by Crippen LogP contribution is 2.42. The monoisotopic (exact) mass is 1120 g/mol. The van der Waals surface area contributed by atoms with Gasteiger partial charge in [-0.2, -0.15) is 0 Å². The van der Waals surface area contributed by atoms with Crippen LogP contribution in [-0.4, -0.2) is 173 Å². The van der Waals surface area contributed by atoms with Crippen LogP contribution < -0.4 is 19.3 Å². The summed E-state index contributed by atoms with van der Waals surface area (Å²) in [5.74, 6) is 1.75. The minimum Gasteiger partial charge on any atom is -0.489 e. The molecule has 430 valence electrons. The Kier molecular flexibility index (Phi) is 18.6. The van der Waals surface area contributed by atoms with Gasteiger partial charge < -0.3 is 38.7 Å². The van der Waals surface area contributed by atoms with Crippen LogP contribution in [0, 0.1) is 0 Å². The highest BCUT2D eigenvalue weighted by atomic mass is 32.2. The number of hydrogen-bond acceptors (Lipinski definition) is 14.